The number of nitrogens with two attached hydrogens (primary N) is 1. The highest BCUT2D eigenvalue weighted by atomic mass is 32.2. The normalized spacial score (nSPS) is 15.6. The summed E-state index contributed by atoms with van der Waals surface area (Å²) in [6.07, 6.45) is 13.1. The number of epoxide rings is 1. The molecule has 0 saturated carbocycles. The molecule has 0 aromatic heterocycles. The van der Waals surface area contributed by atoms with E-state index in [4.69, 9.17) is 5.73 Å². The maximum Gasteiger partial charge on any atom is 0.294 e. The van der Waals surface area contributed by atoms with Crippen LogP contribution in [0.5, 0.6) is 0 Å². The van der Waals surface area contributed by atoms with Gasteiger partial charge in [-0.2, -0.15) is 8.42 Å². The zero-order valence-electron chi connectivity index (χ0n) is 16.9. The van der Waals surface area contributed by atoms with Gasteiger partial charge in [-0.25, -0.2) is 0 Å². The summed E-state index contributed by atoms with van der Waals surface area (Å²) in [4.78, 5) is 9.92. The lowest BCUT2D eigenvalue weighted by atomic mass is 10.0. The van der Waals surface area contributed by atoms with E-state index in [1.165, 1.54) is 57.4 Å². The maximum atomic E-state index is 11.3. The molecule has 3 N–H and O–H groups in total. The van der Waals surface area contributed by atoms with Crippen molar-refractivity contribution in [2.24, 2.45) is 5.73 Å². The number of primary amides is 1. The minimum atomic E-state index is -4.10. The lowest BCUT2D eigenvalue weighted by Gasteiger charge is -2.07. The third kappa shape index (κ3) is 11.4. The zero-order chi connectivity index (χ0) is 20.8. The number of aryl methyl sites for hydroxylation is 1. The van der Waals surface area contributed by atoms with Crippen LogP contribution >= 0.6 is 0 Å². The Hall–Kier alpha value is -1.44. The average Bonchev–Trinajstić information content (AvgIpc) is 3.49. The molecule has 1 unspecified atom stereocenters. The molecule has 1 aromatic rings. The van der Waals surface area contributed by atoms with Crippen molar-refractivity contribution >= 4 is 16.0 Å². The molecular formula is C21H35NO5S. The van der Waals surface area contributed by atoms with Crippen molar-refractivity contribution in [3.63, 3.8) is 0 Å². The van der Waals surface area contributed by atoms with Gasteiger partial charge in [0.2, 0.25) is 5.91 Å². The SMILES string of the molecule is CCCCCCCCCCCCc1ccccc1S(=O)(=O)O.NC(=O)C1CO1. The third-order valence-corrected chi connectivity index (χ3v) is 5.65. The van der Waals surface area contributed by atoms with Crippen LogP contribution < -0.4 is 5.73 Å². The number of benzene rings is 1. The second-order valence-corrected chi connectivity index (χ2v) is 8.63. The molecule has 1 saturated heterocycles. The molecule has 0 aliphatic carbocycles. The summed E-state index contributed by atoms with van der Waals surface area (Å²) in [5.41, 5.74) is 5.46. The predicted octanol–water partition coefficient (Wildman–Crippen LogP) is 4.27. The molecule has 0 radical (unpaired) electrons. The molecule has 28 heavy (non-hydrogen) atoms. The highest BCUT2D eigenvalue weighted by Crippen LogP contribution is 2.18. The Balaban J connectivity index is 0.000000552. The standard InChI is InChI=1S/C18H30O3S.C3H5NO2/c1-2-3-4-5-6-7-8-9-10-11-14-17-15-12-13-16-18(17)22(19,20)21;4-3(5)2-1-6-2/h12-13,15-16H,2-11,14H2,1H3,(H,19,20,21);2H,1H2,(H2,4,5). The van der Waals surface area contributed by atoms with Crippen LogP contribution in [-0.4, -0.2) is 31.6 Å². The molecule has 6 nitrogen and oxygen atoms in total. The van der Waals surface area contributed by atoms with E-state index < -0.39 is 10.1 Å². The highest BCUT2D eigenvalue weighted by Gasteiger charge is 2.28. The third-order valence-electron chi connectivity index (χ3n) is 4.70. The van der Waals surface area contributed by atoms with Gasteiger partial charge in [0.1, 0.15) is 0 Å². The van der Waals surface area contributed by atoms with Crippen molar-refractivity contribution < 1.29 is 22.5 Å². The molecule has 0 spiro atoms. The predicted molar refractivity (Wildman–Crippen MR) is 111 cm³/mol. The van der Waals surface area contributed by atoms with E-state index in [1.54, 1.807) is 12.1 Å². The fourth-order valence-electron chi connectivity index (χ4n) is 2.98. The van der Waals surface area contributed by atoms with Gasteiger partial charge in [0, 0.05) is 0 Å². The molecule has 1 fully saturated rings. The fraction of sp³-hybridized carbons (Fsp3) is 0.667. The lowest BCUT2D eigenvalue weighted by molar-refractivity contribution is -0.119. The van der Waals surface area contributed by atoms with Gasteiger partial charge in [-0.1, -0.05) is 82.9 Å². The minimum absolute atomic E-state index is 0.0610. The summed E-state index contributed by atoms with van der Waals surface area (Å²) in [6, 6.07) is 6.73. The molecule has 1 aliphatic heterocycles. The van der Waals surface area contributed by atoms with Gasteiger partial charge in [0.05, 0.1) is 11.5 Å². The van der Waals surface area contributed by atoms with Crippen LogP contribution in [0.3, 0.4) is 0 Å². The number of carbonyl (C=O) groups excluding carboxylic acids is 1. The molecule has 1 aromatic carbocycles. The highest BCUT2D eigenvalue weighted by molar-refractivity contribution is 7.85. The second-order valence-electron chi connectivity index (χ2n) is 7.24. The van der Waals surface area contributed by atoms with E-state index in [-0.39, 0.29) is 16.9 Å². The van der Waals surface area contributed by atoms with Crippen LogP contribution in [0.4, 0.5) is 0 Å². The van der Waals surface area contributed by atoms with Crippen molar-refractivity contribution in [1.82, 2.24) is 0 Å². The largest absolute Gasteiger partial charge is 0.367 e. The van der Waals surface area contributed by atoms with Gasteiger partial charge in [0.15, 0.2) is 6.10 Å². The quantitative estimate of drug-likeness (QED) is 0.285. The molecule has 0 bridgehead atoms. The first kappa shape index (κ1) is 24.6. The topological polar surface area (TPSA) is 110 Å². The summed E-state index contributed by atoms with van der Waals surface area (Å²) < 4.78 is 36.3. The number of hydrogen-bond acceptors (Lipinski definition) is 4. The molecule has 2 rings (SSSR count). The summed E-state index contributed by atoms with van der Waals surface area (Å²) >= 11 is 0. The smallest absolute Gasteiger partial charge is 0.294 e. The first-order valence-corrected chi connectivity index (χ1v) is 11.8. The van der Waals surface area contributed by atoms with Crippen LogP contribution in [0.15, 0.2) is 29.2 Å². The number of unbranched alkanes of at least 4 members (excludes halogenated alkanes) is 9. The Kier molecular flexibility index (Phi) is 12.0. The molecule has 1 amide bonds. The van der Waals surface area contributed by atoms with E-state index in [0.717, 1.165) is 18.4 Å². The van der Waals surface area contributed by atoms with Crippen LogP contribution in [0.2, 0.25) is 0 Å². The fourth-order valence-corrected chi connectivity index (χ4v) is 3.73. The lowest BCUT2D eigenvalue weighted by Crippen LogP contribution is -2.17. The Bertz CT molecular complexity index is 671. The first-order valence-electron chi connectivity index (χ1n) is 10.3. The summed E-state index contributed by atoms with van der Waals surface area (Å²) in [5.74, 6) is -0.352. The van der Waals surface area contributed by atoms with E-state index in [0.29, 0.717) is 13.0 Å². The average molecular weight is 414 g/mol. The van der Waals surface area contributed by atoms with E-state index in [2.05, 4.69) is 11.7 Å². The van der Waals surface area contributed by atoms with Crippen molar-refractivity contribution in [1.29, 1.82) is 0 Å². The molecular weight excluding hydrogens is 378 g/mol. The Morgan fingerprint density at radius 1 is 1.04 bits per heavy atom. The van der Waals surface area contributed by atoms with E-state index in [1.807, 2.05) is 6.07 Å². The minimum Gasteiger partial charge on any atom is -0.367 e. The number of amides is 1. The second kappa shape index (κ2) is 13.7. The van der Waals surface area contributed by atoms with Gasteiger partial charge in [-0.15, -0.1) is 0 Å². The van der Waals surface area contributed by atoms with Crippen molar-refractivity contribution in [2.45, 2.75) is 88.6 Å². The Morgan fingerprint density at radius 3 is 1.96 bits per heavy atom. The number of rotatable bonds is 13. The maximum absolute atomic E-state index is 11.3. The number of carbonyl (C=O) groups is 1. The van der Waals surface area contributed by atoms with Gasteiger partial charge < -0.3 is 10.5 Å². The van der Waals surface area contributed by atoms with Gasteiger partial charge >= 0.3 is 0 Å². The molecule has 1 aliphatic rings. The van der Waals surface area contributed by atoms with E-state index in [9.17, 15) is 17.8 Å². The zero-order valence-corrected chi connectivity index (χ0v) is 17.8. The van der Waals surface area contributed by atoms with Crippen molar-refractivity contribution in [2.75, 3.05) is 6.61 Å². The summed E-state index contributed by atoms with van der Waals surface area (Å²) in [5, 5.41) is 0. The Labute approximate surface area is 169 Å². The first-order chi connectivity index (χ1) is 13.4. The van der Waals surface area contributed by atoms with Gasteiger partial charge in [0.25, 0.3) is 10.1 Å². The summed E-state index contributed by atoms with van der Waals surface area (Å²) in [7, 11) is -4.10. The van der Waals surface area contributed by atoms with Crippen molar-refractivity contribution in [3.05, 3.63) is 29.8 Å². The molecule has 1 heterocycles. The molecule has 7 heteroatoms. The summed E-state index contributed by atoms with van der Waals surface area (Å²) in [6.45, 7) is 2.76. The van der Waals surface area contributed by atoms with Gasteiger partial charge in [-0.05, 0) is 24.5 Å². The van der Waals surface area contributed by atoms with Crippen LogP contribution in [0.25, 0.3) is 0 Å². The van der Waals surface area contributed by atoms with Crippen LogP contribution in [-0.2, 0) is 26.1 Å². The number of ether oxygens (including phenoxy) is 1. The van der Waals surface area contributed by atoms with Gasteiger partial charge in [-0.3, -0.25) is 9.35 Å². The van der Waals surface area contributed by atoms with Crippen LogP contribution in [0.1, 0.15) is 76.7 Å². The molecule has 160 valence electrons. The Morgan fingerprint density at radius 2 is 1.54 bits per heavy atom. The van der Waals surface area contributed by atoms with Crippen molar-refractivity contribution in [3.8, 4) is 0 Å². The van der Waals surface area contributed by atoms with E-state index >= 15 is 0 Å². The number of hydrogen-bond donors (Lipinski definition) is 2. The molecule has 1 atom stereocenters. The monoisotopic (exact) mass is 413 g/mol. The van der Waals surface area contributed by atoms with Crippen LogP contribution in [0, 0.1) is 0 Å².